The van der Waals surface area contributed by atoms with Crippen LogP contribution in [0, 0.1) is 13.8 Å². The van der Waals surface area contributed by atoms with Crippen LogP contribution in [0.2, 0.25) is 0 Å². The molecule has 0 saturated heterocycles. The summed E-state index contributed by atoms with van der Waals surface area (Å²) in [5.74, 6) is 2.45. The molecule has 0 spiro atoms. The fraction of sp³-hybridized carbons (Fsp3) is 0.286. The zero-order valence-electron chi connectivity index (χ0n) is 11.6. The molecule has 0 amide bonds. The third kappa shape index (κ3) is 3.77. The second-order valence-electron chi connectivity index (χ2n) is 4.42. The van der Waals surface area contributed by atoms with Gasteiger partial charge in [0.1, 0.15) is 17.4 Å². The van der Waals surface area contributed by atoms with Crippen LogP contribution in [0.3, 0.4) is 0 Å². The first kappa shape index (κ1) is 14.5. The summed E-state index contributed by atoms with van der Waals surface area (Å²) in [6, 6.07) is 7.64. The number of ether oxygens (including phenoxy) is 1. The van der Waals surface area contributed by atoms with Crippen LogP contribution in [0.15, 0.2) is 29.4 Å². The Balaban J connectivity index is 1.88. The minimum Gasteiger partial charge on any atom is -0.492 e. The summed E-state index contributed by atoms with van der Waals surface area (Å²) in [5, 5.41) is 0.576. The number of benzene rings is 1. The first-order valence-electron chi connectivity index (χ1n) is 6.28. The van der Waals surface area contributed by atoms with Gasteiger partial charge in [-0.3, -0.25) is 0 Å². The summed E-state index contributed by atoms with van der Waals surface area (Å²) in [6.45, 7) is 4.66. The van der Waals surface area contributed by atoms with E-state index >= 15 is 0 Å². The second-order valence-corrected chi connectivity index (χ2v) is 5.48. The van der Waals surface area contributed by atoms with Gasteiger partial charge in [-0.1, -0.05) is 30.0 Å². The van der Waals surface area contributed by atoms with Crippen LogP contribution in [0.1, 0.15) is 11.1 Å². The Morgan fingerprint density at radius 1 is 1.10 bits per heavy atom. The molecule has 0 aliphatic rings. The van der Waals surface area contributed by atoms with Crippen LogP contribution < -0.4 is 16.2 Å². The molecule has 0 fully saturated rings. The molecule has 106 valence electrons. The summed E-state index contributed by atoms with van der Waals surface area (Å²) >= 11 is 1.47. The summed E-state index contributed by atoms with van der Waals surface area (Å²) in [5.41, 5.74) is 13.5. The van der Waals surface area contributed by atoms with E-state index in [1.807, 2.05) is 32.0 Å². The van der Waals surface area contributed by atoms with Gasteiger partial charge in [0, 0.05) is 11.8 Å². The maximum absolute atomic E-state index is 5.81. The molecule has 1 heterocycles. The Bertz CT molecular complexity index is 563. The molecule has 5 nitrogen and oxygen atoms in total. The number of nitrogens with zero attached hydrogens (tertiary/aromatic N) is 2. The summed E-state index contributed by atoms with van der Waals surface area (Å²) in [4.78, 5) is 8.22. The van der Waals surface area contributed by atoms with Crippen LogP contribution >= 0.6 is 11.8 Å². The predicted molar refractivity (Wildman–Crippen MR) is 83.0 cm³/mol. The fourth-order valence-electron chi connectivity index (χ4n) is 1.83. The molecule has 0 bridgehead atoms. The van der Waals surface area contributed by atoms with Crippen molar-refractivity contribution in [1.82, 2.24) is 9.97 Å². The van der Waals surface area contributed by atoms with Gasteiger partial charge in [0.15, 0.2) is 5.16 Å². The van der Waals surface area contributed by atoms with E-state index in [2.05, 4.69) is 9.97 Å². The van der Waals surface area contributed by atoms with Crippen LogP contribution in [0.25, 0.3) is 0 Å². The highest BCUT2D eigenvalue weighted by Crippen LogP contribution is 2.23. The van der Waals surface area contributed by atoms with E-state index in [-0.39, 0.29) is 0 Å². The zero-order valence-corrected chi connectivity index (χ0v) is 12.4. The van der Waals surface area contributed by atoms with Crippen LogP contribution in [-0.4, -0.2) is 22.3 Å². The van der Waals surface area contributed by atoms with Gasteiger partial charge in [-0.05, 0) is 25.0 Å². The molecule has 0 aliphatic heterocycles. The molecule has 0 aliphatic carbocycles. The zero-order chi connectivity index (χ0) is 14.5. The van der Waals surface area contributed by atoms with Crippen LogP contribution in [0.4, 0.5) is 11.6 Å². The number of nitrogen functional groups attached to an aromatic ring is 2. The Kier molecular flexibility index (Phi) is 4.68. The third-order valence-electron chi connectivity index (χ3n) is 2.71. The van der Waals surface area contributed by atoms with Crippen molar-refractivity contribution >= 4 is 23.4 Å². The first-order valence-corrected chi connectivity index (χ1v) is 7.26. The maximum Gasteiger partial charge on any atom is 0.191 e. The smallest absolute Gasteiger partial charge is 0.191 e. The monoisotopic (exact) mass is 290 g/mol. The van der Waals surface area contributed by atoms with E-state index < -0.39 is 0 Å². The number of rotatable bonds is 5. The molecule has 2 aromatic rings. The van der Waals surface area contributed by atoms with Gasteiger partial charge in [0.25, 0.3) is 0 Å². The second kappa shape index (κ2) is 6.47. The van der Waals surface area contributed by atoms with Gasteiger partial charge >= 0.3 is 0 Å². The van der Waals surface area contributed by atoms with Gasteiger partial charge in [-0.15, -0.1) is 0 Å². The van der Waals surface area contributed by atoms with Gasteiger partial charge in [-0.25, -0.2) is 9.97 Å². The highest BCUT2D eigenvalue weighted by Gasteiger charge is 2.04. The number of hydrogen-bond donors (Lipinski definition) is 2. The number of nitrogens with two attached hydrogens (primary N) is 2. The molecule has 20 heavy (non-hydrogen) atoms. The lowest BCUT2D eigenvalue weighted by Crippen LogP contribution is -2.04. The molecule has 0 atom stereocenters. The molecule has 1 aromatic carbocycles. The lowest BCUT2D eigenvalue weighted by Gasteiger charge is -2.11. The molecule has 2 rings (SSSR count). The van der Waals surface area contributed by atoms with Crippen LogP contribution in [0.5, 0.6) is 5.75 Å². The largest absolute Gasteiger partial charge is 0.492 e. The number of hydrogen-bond acceptors (Lipinski definition) is 6. The Hall–Kier alpha value is -1.95. The maximum atomic E-state index is 5.81. The average Bonchev–Trinajstić information content (AvgIpc) is 2.36. The van der Waals surface area contributed by atoms with Crippen LogP contribution in [-0.2, 0) is 0 Å². The third-order valence-corrected chi connectivity index (χ3v) is 3.53. The quantitative estimate of drug-likeness (QED) is 0.499. The number of aromatic nitrogens is 2. The standard InChI is InChI=1S/C14H18N4OS/c1-9-4-3-5-10(2)13(9)19-6-7-20-14-17-11(15)8-12(16)18-14/h3-5,8H,6-7H2,1-2H3,(H4,15,16,17,18). The molecule has 0 saturated carbocycles. The minimum atomic E-state index is 0.385. The normalized spacial score (nSPS) is 10.5. The van der Waals surface area contributed by atoms with E-state index in [4.69, 9.17) is 16.2 Å². The van der Waals surface area contributed by atoms with Gasteiger partial charge in [-0.2, -0.15) is 0 Å². The first-order chi connectivity index (χ1) is 9.56. The fourth-order valence-corrected chi connectivity index (χ4v) is 2.52. The SMILES string of the molecule is Cc1cccc(C)c1OCCSc1nc(N)cc(N)n1. The minimum absolute atomic E-state index is 0.385. The van der Waals surface area contributed by atoms with Crippen molar-refractivity contribution in [2.45, 2.75) is 19.0 Å². The molecule has 0 unspecified atom stereocenters. The highest BCUT2D eigenvalue weighted by atomic mass is 32.2. The Morgan fingerprint density at radius 2 is 1.70 bits per heavy atom. The van der Waals surface area contributed by atoms with E-state index in [0.29, 0.717) is 23.4 Å². The van der Waals surface area contributed by atoms with Gasteiger partial charge in [0.2, 0.25) is 0 Å². The van der Waals surface area contributed by atoms with E-state index in [9.17, 15) is 0 Å². The average molecular weight is 290 g/mol. The van der Waals surface area contributed by atoms with Crippen molar-refractivity contribution in [3.8, 4) is 5.75 Å². The number of aryl methyl sites for hydroxylation is 2. The van der Waals surface area contributed by atoms with E-state index in [0.717, 1.165) is 22.6 Å². The Labute approximate surface area is 122 Å². The molecule has 6 heteroatoms. The van der Waals surface area contributed by atoms with E-state index in [1.54, 1.807) is 0 Å². The van der Waals surface area contributed by atoms with Crippen molar-refractivity contribution < 1.29 is 4.74 Å². The van der Waals surface area contributed by atoms with Crippen molar-refractivity contribution in [3.05, 3.63) is 35.4 Å². The summed E-state index contributed by atoms with van der Waals surface area (Å²) < 4.78 is 5.81. The summed E-state index contributed by atoms with van der Waals surface area (Å²) in [6.07, 6.45) is 0. The molecule has 0 radical (unpaired) electrons. The lowest BCUT2D eigenvalue weighted by atomic mass is 10.1. The number of para-hydroxylation sites is 1. The predicted octanol–water partition coefficient (Wildman–Crippen LogP) is 2.43. The molecular formula is C14H18N4OS. The van der Waals surface area contributed by atoms with Crippen molar-refractivity contribution in [2.75, 3.05) is 23.8 Å². The lowest BCUT2D eigenvalue weighted by molar-refractivity contribution is 0.339. The van der Waals surface area contributed by atoms with Crippen molar-refractivity contribution in [3.63, 3.8) is 0 Å². The molecule has 1 aromatic heterocycles. The number of thioether (sulfide) groups is 1. The molecular weight excluding hydrogens is 272 g/mol. The highest BCUT2D eigenvalue weighted by molar-refractivity contribution is 7.99. The summed E-state index contributed by atoms with van der Waals surface area (Å²) in [7, 11) is 0. The van der Waals surface area contributed by atoms with Crippen molar-refractivity contribution in [1.29, 1.82) is 0 Å². The molecule has 4 N–H and O–H groups in total. The Morgan fingerprint density at radius 3 is 2.30 bits per heavy atom. The van der Waals surface area contributed by atoms with E-state index in [1.165, 1.54) is 17.8 Å². The van der Waals surface area contributed by atoms with Gasteiger partial charge < -0.3 is 16.2 Å². The number of anilines is 2. The van der Waals surface area contributed by atoms with Crippen molar-refractivity contribution in [2.24, 2.45) is 0 Å². The topological polar surface area (TPSA) is 87.0 Å². The van der Waals surface area contributed by atoms with Gasteiger partial charge in [0.05, 0.1) is 6.61 Å².